The molecule has 0 aromatic carbocycles. The van der Waals surface area contributed by atoms with Crippen LogP contribution in [-0.2, 0) is 9.47 Å². The zero-order valence-corrected chi connectivity index (χ0v) is 12.1. The first kappa shape index (κ1) is 15.0. The van der Waals surface area contributed by atoms with Crippen LogP contribution in [-0.4, -0.2) is 63.0 Å². The van der Waals surface area contributed by atoms with E-state index in [2.05, 4.69) is 16.8 Å². The van der Waals surface area contributed by atoms with Gasteiger partial charge in [-0.15, -0.1) is 6.58 Å². The third kappa shape index (κ3) is 5.61. The first-order valence-electron chi connectivity index (χ1n) is 7.53. The lowest BCUT2D eigenvalue weighted by atomic mass is 10.2. The molecule has 19 heavy (non-hydrogen) atoms. The molecule has 1 saturated heterocycles. The van der Waals surface area contributed by atoms with E-state index in [1.807, 2.05) is 6.08 Å². The molecule has 0 aromatic rings. The summed E-state index contributed by atoms with van der Waals surface area (Å²) in [5, 5.41) is 3.56. The van der Waals surface area contributed by atoms with Gasteiger partial charge in [-0.05, 0) is 25.7 Å². The molecule has 1 N–H and O–H groups in total. The van der Waals surface area contributed by atoms with Gasteiger partial charge in [0.2, 0.25) is 0 Å². The normalized spacial score (nSPS) is 27.1. The van der Waals surface area contributed by atoms with E-state index in [4.69, 9.17) is 9.47 Å². The van der Waals surface area contributed by atoms with Crippen molar-refractivity contribution in [3.63, 3.8) is 0 Å². The fraction of sp³-hybridized carbons (Fsp3) is 0.867. The molecular formula is C15H28N2O2. The van der Waals surface area contributed by atoms with Crippen LogP contribution in [0.1, 0.15) is 25.7 Å². The number of nitrogens with one attached hydrogen (secondary N) is 1. The molecule has 1 heterocycles. The Kier molecular flexibility index (Phi) is 6.31. The van der Waals surface area contributed by atoms with E-state index in [0.717, 1.165) is 38.8 Å². The number of nitrogens with zero attached hydrogens (tertiary/aromatic N) is 1. The Morgan fingerprint density at radius 1 is 1.32 bits per heavy atom. The molecule has 0 amide bonds. The number of ether oxygens (including phenoxy) is 2. The minimum absolute atomic E-state index is 0.378. The predicted molar refractivity (Wildman–Crippen MR) is 77.4 cm³/mol. The Hall–Kier alpha value is -0.420. The summed E-state index contributed by atoms with van der Waals surface area (Å²) in [4.78, 5) is 2.36. The highest BCUT2D eigenvalue weighted by Gasteiger charge is 2.28. The summed E-state index contributed by atoms with van der Waals surface area (Å²) >= 11 is 0. The Bertz CT molecular complexity index is 269. The van der Waals surface area contributed by atoms with Gasteiger partial charge < -0.3 is 14.8 Å². The average Bonchev–Trinajstić information content (AvgIpc) is 3.14. The van der Waals surface area contributed by atoms with Gasteiger partial charge in [-0.1, -0.05) is 6.08 Å². The van der Waals surface area contributed by atoms with Crippen molar-refractivity contribution in [1.82, 2.24) is 10.2 Å². The van der Waals surface area contributed by atoms with E-state index >= 15 is 0 Å². The van der Waals surface area contributed by atoms with Crippen LogP contribution < -0.4 is 5.32 Å². The molecule has 110 valence electrons. The SMILES string of the molecule is C=CCN(CCOC)CC1CCC(CNC2CC2)O1. The smallest absolute Gasteiger partial charge is 0.0707 e. The van der Waals surface area contributed by atoms with Gasteiger partial charge in [0.1, 0.15) is 0 Å². The Balaban J connectivity index is 1.64. The molecule has 2 rings (SSSR count). The van der Waals surface area contributed by atoms with Crippen LogP contribution in [0.15, 0.2) is 12.7 Å². The van der Waals surface area contributed by atoms with Gasteiger partial charge in [-0.25, -0.2) is 0 Å². The molecule has 1 aliphatic carbocycles. The zero-order chi connectivity index (χ0) is 13.5. The minimum atomic E-state index is 0.378. The van der Waals surface area contributed by atoms with Crippen molar-refractivity contribution in [2.45, 2.75) is 43.9 Å². The molecule has 2 aliphatic rings. The third-order valence-electron chi connectivity index (χ3n) is 3.87. The lowest BCUT2D eigenvalue weighted by Gasteiger charge is -2.24. The maximum atomic E-state index is 6.12. The molecule has 1 saturated carbocycles. The van der Waals surface area contributed by atoms with Crippen LogP contribution in [0.2, 0.25) is 0 Å². The van der Waals surface area contributed by atoms with E-state index in [-0.39, 0.29) is 0 Å². The molecule has 4 heteroatoms. The summed E-state index contributed by atoms with van der Waals surface area (Å²) < 4.78 is 11.3. The van der Waals surface area contributed by atoms with Crippen molar-refractivity contribution < 1.29 is 9.47 Å². The number of methoxy groups -OCH3 is 1. The third-order valence-corrected chi connectivity index (χ3v) is 3.87. The second-order valence-corrected chi connectivity index (χ2v) is 5.68. The molecule has 2 unspecified atom stereocenters. The van der Waals surface area contributed by atoms with Crippen LogP contribution >= 0.6 is 0 Å². The summed E-state index contributed by atoms with van der Waals surface area (Å²) in [6.07, 6.45) is 7.81. The second kappa shape index (κ2) is 8.00. The molecule has 4 nitrogen and oxygen atoms in total. The van der Waals surface area contributed by atoms with E-state index in [1.165, 1.54) is 25.7 Å². The molecule has 0 radical (unpaired) electrons. The maximum Gasteiger partial charge on any atom is 0.0707 e. The van der Waals surface area contributed by atoms with E-state index in [9.17, 15) is 0 Å². The lowest BCUT2D eigenvalue weighted by molar-refractivity contribution is 0.0210. The van der Waals surface area contributed by atoms with Crippen LogP contribution in [0, 0.1) is 0 Å². The first-order chi connectivity index (χ1) is 9.31. The fourth-order valence-electron chi connectivity index (χ4n) is 2.60. The standard InChI is InChI=1S/C15H28N2O2/c1-3-8-17(9-10-18-2)12-15-7-6-14(19-15)11-16-13-4-5-13/h3,13-16H,1,4-12H2,2H3. The van der Waals surface area contributed by atoms with Crippen molar-refractivity contribution in [2.24, 2.45) is 0 Å². The van der Waals surface area contributed by atoms with Crippen molar-refractivity contribution in [3.8, 4) is 0 Å². The zero-order valence-electron chi connectivity index (χ0n) is 12.1. The second-order valence-electron chi connectivity index (χ2n) is 5.68. The van der Waals surface area contributed by atoms with Gasteiger partial charge in [-0.3, -0.25) is 4.90 Å². The quantitative estimate of drug-likeness (QED) is 0.608. The van der Waals surface area contributed by atoms with E-state index in [0.29, 0.717) is 12.2 Å². The van der Waals surface area contributed by atoms with Crippen molar-refractivity contribution in [1.29, 1.82) is 0 Å². The van der Waals surface area contributed by atoms with Crippen molar-refractivity contribution in [3.05, 3.63) is 12.7 Å². The highest BCUT2D eigenvalue weighted by Crippen LogP contribution is 2.23. The van der Waals surface area contributed by atoms with Crippen LogP contribution in [0.3, 0.4) is 0 Å². The first-order valence-corrected chi connectivity index (χ1v) is 7.53. The van der Waals surface area contributed by atoms with E-state index < -0.39 is 0 Å². The number of rotatable bonds is 10. The minimum Gasteiger partial charge on any atom is -0.383 e. The number of hydrogen-bond acceptors (Lipinski definition) is 4. The summed E-state index contributed by atoms with van der Waals surface area (Å²) in [5.74, 6) is 0. The van der Waals surface area contributed by atoms with Gasteiger partial charge in [0.25, 0.3) is 0 Å². The highest BCUT2D eigenvalue weighted by atomic mass is 16.5. The summed E-state index contributed by atoms with van der Waals surface area (Å²) in [6.45, 7) is 8.48. The van der Waals surface area contributed by atoms with Gasteiger partial charge in [0.15, 0.2) is 0 Å². The van der Waals surface area contributed by atoms with Crippen LogP contribution in [0.4, 0.5) is 0 Å². The van der Waals surface area contributed by atoms with Gasteiger partial charge in [0, 0.05) is 39.3 Å². The van der Waals surface area contributed by atoms with Crippen LogP contribution in [0.25, 0.3) is 0 Å². The topological polar surface area (TPSA) is 33.7 Å². The molecule has 0 spiro atoms. The van der Waals surface area contributed by atoms with Gasteiger partial charge >= 0.3 is 0 Å². The predicted octanol–water partition coefficient (Wildman–Crippen LogP) is 1.42. The number of hydrogen-bond donors (Lipinski definition) is 1. The molecule has 2 fully saturated rings. The average molecular weight is 268 g/mol. The summed E-state index contributed by atoms with van der Waals surface area (Å²) in [6, 6.07) is 0.779. The molecular weight excluding hydrogens is 240 g/mol. The maximum absolute atomic E-state index is 6.12. The van der Waals surface area contributed by atoms with Crippen molar-refractivity contribution in [2.75, 3.05) is 39.9 Å². The Morgan fingerprint density at radius 2 is 2.11 bits per heavy atom. The van der Waals surface area contributed by atoms with E-state index in [1.54, 1.807) is 7.11 Å². The summed E-state index contributed by atoms with van der Waals surface area (Å²) in [7, 11) is 1.75. The highest BCUT2D eigenvalue weighted by molar-refractivity contribution is 4.85. The van der Waals surface area contributed by atoms with Crippen LogP contribution in [0.5, 0.6) is 0 Å². The van der Waals surface area contributed by atoms with Gasteiger partial charge in [-0.2, -0.15) is 0 Å². The lowest BCUT2D eigenvalue weighted by Crippen LogP contribution is -2.36. The monoisotopic (exact) mass is 268 g/mol. The fourth-order valence-corrected chi connectivity index (χ4v) is 2.60. The molecule has 0 bridgehead atoms. The molecule has 2 atom stereocenters. The largest absolute Gasteiger partial charge is 0.383 e. The molecule has 1 aliphatic heterocycles. The van der Waals surface area contributed by atoms with Gasteiger partial charge in [0.05, 0.1) is 18.8 Å². The Labute approximate surface area is 117 Å². The van der Waals surface area contributed by atoms with Crippen molar-refractivity contribution >= 4 is 0 Å². The Morgan fingerprint density at radius 3 is 2.79 bits per heavy atom. The summed E-state index contributed by atoms with van der Waals surface area (Å²) in [5.41, 5.74) is 0. The molecule has 0 aromatic heterocycles.